The molecule has 9 nitrogen and oxygen atoms in total. The van der Waals surface area contributed by atoms with Gasteiger partial charge in [-0.25, -0.2) is 9.97 Å². The summed E-state index contributed by atoms with van der Waals surface area (Å²) < 4.78 is 13.2. The fourth-order valence-electron chi connectivity index (χ4n) is 5.16. The van der Waals surface area contributed by atoms with Gasteiger partial charge in [0.15, 0.2) is 5.82 Å². The predicted octanol–water partition coefficient (Wildman–Crippen LogP) is 5.07. The molecule has 1 aliphatic rings. The largest absolute Gasteiger partial charge is 0.394 e. The smallest absolute Gasteiger partial charge is 0.165 e. The Balaban J connectivity index is 1.55. The Morgan fingerprint density at radius 1 is 1.05 bits per heavy atom. The first kappa shape index (κ1) is 25.2. The molecular weight excluding hydrogens is 492 g/mol. The number of aryl methyl sites for hydroxylation is 2. The Morgan fingerprint density at radius 3 is 2.62 bits per heavy atom. The molecule has 0 bridgehead atoms. The highest BCUT2D eigenvalue weighted by molar-refractivity contribution is 5.95. The Kier molecular flexibility index (Phi) is 6.40. The quantitative estimate of drug-likeness (QED) is 0.328. The molecule has 1 saturated heterocycles. The van der Waals surface area contributed by atoms with Gasteiger partial charge in [0.05, 0.1) is 54.4 Å². The summed E-state index contributed by atoms with van der Waals surface area (Å²) >= 11 is 0. The number of fused-ring (bicyclic) bond motifs is 1. The zero-order valence-electron chi connectivity index (χ0n) is 22.6. The van der Waals surface area contributed by atoms with Crippen LogP contribution in [0.25, 0.3) is 33.4 Å². The molecule has 1 fully saturated rings. The van der Waals surface area contributed by atoms with Gasteiger partial charge in [-0.05, 0) is 51.0 Å². The van der Waals surface area contributed by atoms with Crippen molar-refractivity contribution in [2.45, 2.75) is 39.3 Å². The van der Waals surface area contributed by atoms with E-state index in [1.54, 1.807) is 10.9 Å². The summed E-state index contributed by atoms with van der Waals surface area (Å²) in [5, 5.41) is 19.5. The number of hydrogen-bond acceptors (Lipinski definition) is 8. The van der Waals surface area contributed by atoms with E-state index in [1.165, 1.54) is 5.56 Å². The third kappa shape index (κ3) is 4.57. The van der Waals surface area contributed by atoms with E-state index in [1.807, 2.05) is 46.0 Å². The predicted molar refractivity (Wildman–Crippen MR) is 149 cm³/mol. The molecule has 3 aromatic heterocycles. The summed E-state index contributed by atoms with van der Waals surface area (Å²) in [7, 11) is 0. The molecule has 6 rings (SSSR count). The van der Waals surface area contributed by atoms with E-state index in [0.29, 0.717) is 25.6 Å². The van der Waals surface area contributed by atoms with E-state index in [0.717, 1.165) is 44.9 Å². The van der Waals surface area contributed by atoms with Gasteiger partial charge < -0.3 is 19.3 Å². The second-order valence-corrected chi connectivity index (χ2v) is 10.6. The van der Waals surface area contributed by atoms with Crippen LogP contribution in [-0.2, 0) is 10.3 Å². The molecule has 1 unspecified atom stereocenters. The molecule has 1 atom stereocenters. The third-order valence-electron chi connectivity index (χ3n) is 7.43. The van der Waals surface area contributed by atoms with E-state index in [4.69, 9.17) is 19.2 Å². The second-order valence-electron chi connectivity index (χ2n) is 10.6. The normalized spacial score (nSPS) is 16.2. The SMILES string of the molecule is Cc1noc(C)c1-c1ccc2nc(-c3cnn(C(C)(C)CO)c3)nc(N3CCOCC3c3ccccc3)c2c1. The number of aliphatic hydroxyl groups is 1. The Bertz CT molecular complexity index is 1610. The number of nitrogens with zero attached hydrogens (tertiary/aromatic N) is 6. The van der Waals surface area contributed by atoms with Crippen molar-refractivity contribution in [3.8, 4) is 22.5 Å². The molecule has 5 aromatic rings. The van der Waals surface area contributed by atoms with Crippen LogP contribution in [0.4, 0.5) is 5.82 Å². The third-order valence-corrected chi connectivity index (χ3v) is 7.43. The summed E-state index contributed by atoms with van der Waals surface area (Å²) in [5.74, 6) is 2.20. The van der Waals surface area contributed by atoms with Crippen LogP contribution < -0.4 is 4.90 Å². The van der Waals surface area contributed by atoms with Crippen LogP contribution in [0.5, 0.6) is 0 Å². The molecule has 0 amide bonds. The van der Waals surface area contributed by atoms with Gasteiger partial charge in [-0.2, -0.15) is 5.10 Å². The van der Waals surface area contributed by atoms with E-state index in [9.17, 15) is 5.11 Å². The maximum atomic E-state index is 9.84. The van der Waals surface area contributed by atoms with Crippen LogP contribution in [0.3, 0.4) is 0 Å². The van der Waals surface area contributed by atoms with Crippen LogP contribution in [0.1, 0.15) is 36.9 Å². The molecule has 9 heteroatoms. The first-order chi connectivity index (χ1) is 18.9. The molecule has 39 heavy (non-hydrogen) atoms. The van der Waals surface area contributed by atoms with Crippen molar-refractivity contribution in [1.82, 2.24) is 24.9 Å². The molecule has 2 aromatic carbocycles. The maximum absolute atomic E-state index is 9.84. The van der Waals surface area contributed by atoms with Gasteiger partial charge >= 0.3 is 0 Å². The van der Waals surface area contributed by atoms with Crippen LogP contribution in [0, 0.1) is 13.8 Å². The lowest BCUT2D eigenvalue weighted by molar-refractivity contribution is 0.0939. The number of benzene rings is 2. The van der Waals surface area contributed by atoms with Crippen LogP contribution in [0.15, 0.2) is 65.4 Å². The molecule has 4 heterocycles. The highest BCUT2D eigenvalue weighted by atomic mass is 16.5. The number of morpholine rings is 1. The fraction of sp³-hybridized carbons (Fsp3) is 0.333. The number of anilines is 1. The molecule has 0 saturated carbocycles. The van der Waals surface area contributed by atoms with E-state index in [-0.39, 0.29) is 12.6 Å². The average Bonchev–Trinajstić information content (AvgIpc) is 3.60. The van der Waals surface area contributed by atoms with Crippen LogP contribution in [-0.4, -0.2) is 56.4 Å². The van der Waals surface area contributed by atoms with E-state index >= 15 is 0 Å². The van der Waals surface area contributed by atoms with Crippen molar-refractivity contribution in [1.29, 1.82) is 0 Å². The summed E-state index contributed by atoms with van der Waals surface area (Å²) in [5.41, 5.74) is 5.10. The molecule has 200 valence electrons. The van der Waals surface area contributed by atoms with Gasteiger partial charge in [-0.1, -0.05) is 41.6 Å². The maximum Gasteiger partial charge on any atom is 0.165 e. The first-order valence-electron chi connectivity index (χ1n) is 13.2. The molecule has 1 N–H and O–H groups in total. The first-order valence-corrected chi connectivity index (χ1v) is 13.2. The molecular formula is C30H32N6O3. The molecule has 0 spiro atoms. The monoisotopic (exact) mass is 524 g/mol. The Hall–Kier alpha value is -4.08. The summed E-state index contributed by atoms with van der Waals surface area (Å²) in [4.78, 5) is 12.5. The van der Waals surface area contributed by atoms with Crippen LogP contribution >= 0.6 is 0 Å². The summed E-state index contributed by atoms with van der Waals surface area (Å²) in [6, 6.07) is 16.6. The Labute approximate surface area is 227 Å². The summed E-state index contributed by atoms with van der Waals surface area (Å²) in [6.45, 7) is 9.59. The number of aromatic nitrogens is 5. The second kappa shape index (κ2) is 9.91. The minimum Gasteiger partial charge on any atom is -0.394 e. The zero-order valence-corrected chi connectivity index (χ0v) is 22.6. The van der Waals surface area contributed by atoms with E-state index in [2.05, 4.69) is 51.6 Å². The van der Waals surface area contributed by atoms with Crippen molar-refractivity contribution in [2.24, 2.45) is 0 Å². The fourth-order valence-corrected chi connectivity index (χ4v) is 5.16. The minimum absolute atomic E-state index is 0.00432. The van der Waals surface area contributed by atoms with Crippen molar-refractivity contribution < 1.29 is 14.4 Å². The van der Waals surface area contributed by atoms with Crippen molar-refractivity contribution in [3.05, 3.63) is 77.9 Å². The molecule has 1 aliphatic heterocycles. The number of hydrogen-bond donors (Lipinski definition) is 1. The van der Waals surface area contributed by atoms with Gasteiger partial charge in [-0.3, -0.25) is 4.68 Å². The lowest BCUT2D eigenvalue weighted by Crippen LogP contribution is -2.40. The van der Waals surface area contributed by atoms with Gasteiger partial charge in [-0.15, -0.1) is 0 Å². The standard InChI is InChI=1S/C30H32N6O3/c1-19-27(20(2)39-34-19)22-10-11-25-24(14-22)29(35-12-13-38-17-26(35)21-8-6-5-7-9-21)33-28(32-25)23-15-31-36(16-23)30(3,4)18-37/h5-11,14-16,26,37H,12-13,17-18H2,1-4H3. The van der Waals surface area contributed by atoms with Gasteiger partial charge in [0.2, 0.25) is 0 Å². The highest BCUT2D eigenvalue weighted by Crippen LogP contribution is 2.37. The van der Waals surface area contributed by atoms with Gasteiger partial charge in [0.1, 0.15) is 11.6 Å². The van der Waals surface area contributed by atoms with Crippen molar-refractivity contribution in [2.75, 3.05) is 31.3 Å². The Morgan fingerprint density at radius 2 is 1.87 bits per heavy atom. The van der Waals surface area contributed by atoms with Crippen molar-refractivity contribution in [3.63, 3.8) is 0 Å². The lowest BCUT2D eigenvalue weighted by atomic mass is 10.0. The lowest BCUT2D eigenvalue weighted by Gasteiger charge is -2.37. The van der Waals surface area contributed by atoms with Gasteiger partial charge in [0.25, 0.3) is 0 Å². The summed E-state index contributed by atoms with van der Waals surface area (Å²) in [6.07, 6.45) is 3.65. The zero-order chi connectivity index (χ0) is 27.1. The number of aliphatic hydroxyl groups excluding tert-OH is 1. The van der Waals surface area contributed by atoms with Gasteiger partial charge in [0, 0.05) is 23.7 Å². The van der Waals surface area contributed by atoms with Crippen molar-refractivity contribution >= 4 is 16.7 Å². The van der Waals surface area contributed by atoms with E-state index < -0.39 is 5.54 Å². The molecule has 0 radical (unpaired) electrons. The number of ether oxygens (including phenoxy) is 1. The average molecular weight is 525 g/mol. The number of rotatable bonds is 6. The van der Waals surface area contributed by atoms with Crippen LogP contribution in [0.2, 0.25) is 0 Å². The molecule has 0 aliphatic carbocycles. The topological polar surface area (TPSA) is 102 Å². The minimum atomic E-state index is -0.538. The highest BCUT2D eigenvalue weighted by Gasteiger charge is 2.29.